The topological polar surface area (TPSA) is 72.3 Å². The number of rotatable bonds is 2. The number of fused-ring (bicyclic) bond motifs is 1. The van der Waals surface area contributed by atoms with Crippen molar-refractivity contribution in [2.75, 3.05) is 18.0 Å². The number of hydrogen-bond acceptors (Lipinski definition) is 5. The Morgan fingerprint density at radius 2 is 2.00 bits per heavy atom. The third-order valence-corrected chi connectivity index (χ3v) is 2.93. The molecule has 0 bridgehead atoms. The first kappa shape index (κ1) is 9.53. The molecule has 3 heterocycles. The summed E-state index contributed by atoms with van der Waals surface area (Å²) in [6, 6.07) is 3.93. The van der Waals surface area contributed by atoms with Gasteiger partial charge in [0.25, 0.3) is 0 Å². The van der Waals surface area contributed by atoms with Gasteiger partial charge in [-0.15, -0.1) is 15.3 Å². The lowest BCUT2D eigenvalue weighted by Gasteiger charge is -2.15. The molecule has 0 amide bonds. The molecular weight excluding hydrogens is 204 g/mol. The monoisotopic (exact) mass is 218 g/mol. The Bertz CT molecular complexity index is 499. The van der Waals surface area contributed by atoms with Gasteiger partial charge in [0.2, 0.25) is 0 Å². The van der Waals surface area contributed by atoms with Gasteiger partial charge < -0.3 is 10.6 Å². The van der Waals surface area contributed by atoms with E-state index in [2.05, 4.69) is 20.2 Å². The minimum Gasteiger partial charge on any atom is -0.355 e. The zero-order chi connectivity index (χ0) is 11.0. The first-order valence-electron chi connectivity index (χ1n) is 5.55. The minimum atomic E-state index is 0.359. The molecule has 0 atom stereocenters. The van der Waals surface area contributed by atoms with Gasteiger partial charge in [-0.2, -0.15) is 4.52 Å². The Morgan fingerprint density at radius 1 is 1.19 bits per heavy atom. The van der Waals surface area contributed by atoms with Crippen LogP contribution < -0.4 is 10.6 Å². The molecule has 0 unspecified atom stereocenters. The zero-order valence-electron chi connectivity index (χ0n) is 9.00. The third-order valence-electron chi connectivity index (χ3n) is 2.93. The molecule has 0 spiro atoms. The van der Waals surface area contributed by atoms with E-state index in [-0.39, 0.29) is 0 Å². The van der Waals surface area contributed by atoms with Crippen LogP contribution in [0, 0.1) is 0 Å². The van der Waals surface area contributed by atoms with E-state index in [0.29, 0.717) is 12.4 Å². The Balaban J connectivity index is 2.06. The molecule has 6 nitrogen and oxygen atoms in total. The van der Waals surface area contributed by atoms with Crippen LogP contribution in [0.5, 0.6) is 0 Å². The van der Waals surface area contributed by atoms with Gasteiger partial charge in [0, 0.05) is 13.1 Å². The van der Waals surface area contributed by atoms with Crippen molar-refractivity contribution in [1.29, 1.82) is 0 Å². The fraction of sp³-hybridized carbons (Fsp3) is 0.500. The first-order chi connectivity index (χ1) is 7.88. The molecule has 1 fully saturated rings. The summed E-state index contributed by atoms with van der Waals surface area (Å²) in [5.41, 5.74) is 6.34. The van der Waals surface area contributed by atoms with Crippen molar-refractivity contribution < 1.29 is 0 Å². The molecule has 3 rings (SSSR count). The summed E-state index contributed by atoms with van der Waals surface area (Å²) < 4.78 is 1.73. The maximum Gasteiger partial charge on any atom is 0.178 e. The standard InChI is InChI=1S/C10H14N6/c11-7-10-13-12-8-3-4-9(14-16(8)10)15-5-1-2-6-15/h3-4H,1-2,5-7,11H2. The summed E-state index contributed by atoms with van der Waals surface area (Å²) in [4.78, 5) is 2.28. The first-order valence-corrected chi connectivity index (χ1v) is 5.55. The Kier molecular flexibility index (Phi) is 2.21. The predicted molar refractivity (Wildman–Crippen MR) is 60.1 cm³/mol. The van der Waals surface area contributed by atoms with E-state index < -0.39 is 0 Å². The maximum atomic E-state index is 5.59. The van der Waals surface area contributed by atoms with E-state index in [4.69, 9.17) is 5.73 Å². The van der Waals surface area contributed by atoms with Gasteiger partial charge in [-0.1, -0.05) is 0 Å². The second-order valence-electron chi connectivity index (χ2n) is 3.98. The largest absolute Gasteiger partial charge is 0.355 e. The zero-order valence-corrected chi connectivity index (χ0v) is 9.00. The van der Waals surface area contributed by atoms with Crippen LogP contribution in [0.3, 0.4) is 0 Å². The van der Waals surface area contributed by atoms with E-state index in [0.717, 1.165) is 24.6 Å². The van der Waals surface area contributed by atoms with E-state index in [1.165, 1.54) is 12.8 Å². The highest BCUT2D eigenvalue weighted by Gasteiger charge is 2.15. The summed E-state index contributed by atoms with van der Waals surface area (Å²) in [5, 5.41) is 12.5. The highest BCUT2D eigenvalue weighted by molar-refractivity contribution is 5.46. The van der Waals surface area contributed by atoms with Crippen molar-refractivity contribution in [3.8, 4) is 0 Å². The van der Waals surface area contributed by atoms with Gasteiger partial charge in [0.05, 0.1) is 6.54 Å². The fourth-order valence-corrected chi connectivity index (χ4v) is 2.07. The van der Waals surface area contributed by atoms with Gasteiger partial charge >= 0.3 is 0 Å². The molecule has 1 aliphatic rings. The van der Waals surface area contributed by atoms with Crippen LogP contribution in [0.25, 0.3) is 5.65 Å². The Labute approximate surface area is 93.1 Å². The van der Waals surface area contributed by atoms with Gasteiger partial charge in [-0.05, 0) is 25.0 Å². The van der Waals surface area contributed by atoms with Crippen LogP contribution in [-0.2, 0) is 6.54 Å². The van der Waals surface area contributed by atoms with Crippen molar-refractivity contribution in [3.63, 3.8) is 0 Å². The van der Waals surface area contributed by atoms with E-state index in [1.807, 2.05) is 12.1 Å². The smallest absolute Gasteiger partial charge is 0.178 e. The third kappa shape index (κ3) is 1.42. The molecule has 2 aromatic rings. The van der Waals surface area contributed by atoms with Crippen LogP contribution in [0.4, 0.5) is 5.82 Å². The van der Waals surface area contributed by atoms with Crippen molar-refractivity contribution >= 4 is 11.5 Å². The number of nitrogens with zero attached hydrogens (tertiary/aromatic N) is 5. The quantitative estimate of drug-likeness (QED) is 0.778. The lowest BCUT2D eigenvalue weighted by Crippen LogP contribution is -2.20. The van der Waals surface area contributed by atoms with Crippen molar-refractivity contribution in [2.45, 2.75) is 19.4 Å². The van der Waals surface area contributed by atoms with Crippen LogP contribution in [0.2, 0.25) is 0 Å². The highest BCUT2D eigenvalue weighted by atomic mass is 15.4. The predicted octanol–water partition coefficient (Wildman–Crippen LogP) is 0.183. The van der Waals surface area contributed by atoms with Gasteiger partial charge in [0.1, 0.15) is 5.82 Å². The number of anilines is 1. The lowest BCUT2D eigenvalue weighted by atomic mass is 10.4. The molecular formula is C10H14N6. The minimum absolute atomic E-state index is 0.359. The number of nitrogens with two attached hydrogens (primary N) is 1. The average Bonchev–Trinajstić information content (AvgIpc) is 2.97. The summed E-state index contributed by atoms with van der Waals surface area (Å²) in [6.07, 6.45) is 2.48. The molecule has 2 N–H and O–H groups in total. The fourth-order valence-electron chi connectivity index (χ4n) is 2.07. The van der Waals surface area contributed by atoms with E-state index >= 15 is 0 Å². The number of hydrogen-bond donors (Lipinski definition) is 1. The molecule has 16 heavy (non-hydrogen) atoms. The van der Waals surface area contributed by atoms with Gasteiger partial charge in [0.15, 0.2) is 11.5 Å². The highest BCUT2D eigenvalue weighted by Crippen LogP contribution is 2.17. The average molecular weight is 218 g/mol. The maximum absolute atomic E-state index is 5.59. The summed E-state index contributed by atoms with van der Waals surface area (Å²) >= 11 is 0. The summed E-state index contributed by atoms with van der Waals surface area (Å²) in [5.74, 6) is 1.69. The molecule has 6 heteroatoms. The molecule has 0 saturated carbocycles. The second-order valence-corrected chi connectivity index (χ2v) is 3.98. The molecule has 2 aromatic heterocycles. The molecule has 0 aromatic carbocycles. The van der Waals surface area contributed by atoms with Gasteiger partial charge in [-0.25, -0.2) is 0 Å². The molecule has 1 aliphatic heterocycles. The SMILES string of the molecule is NCc1nnc2ccc(N3CCCC3)nn12. The van der Waals surface area contributed by atoms with E-state index in [9.17, 15) is 0 Å². The Hall–Kier alpha value is -1.69. The Morgan fingerprint density at radius 3 is 2.75 bits per heavy atom. The molecule has 0 radical (unpaired) electrons. The van der Waals surface area contributed by atoms with Crippen LogP contribution in [0.1, 0.15) is 18.7 Å². The lowest BCUT2D eigenvalue weighted by molar-refractivity contribution is 0.789. The van der Waals surface area contributed by atoms with E-state index in [1.54, 1.807) is 4.52 Å². The van der Waals surface area contributed by atoms with Crippen molar-refractivity contribution in [1.82, 2.24) is 19.8 Å². The normalized spacial score (nSPS) is 16.2. The van der Waals surface area contributed by atoms with Gasteiger partial charge in [-0.3, -0.25) is 0 Å². The summed E-state index contributed by atoms with van der Waals surface area (Å²) in [7, 11) is 0. The summed E-state index contributed by atoms with van der Waals surface area (Å²) in [6.45, 7) is 2.52. The van der Waals surface area contributed by atoms with Crippen LogP contribution in [0.15, 0.2) is 12.1 Å². The second kappa shape index (κ2) is 3.71. The number of aromatic nitrogens is 4. The van der Waals surface area contributed by atoms with Crippen LogP contribution >= 0.6 is 0 Å². The van der Waals surface area contributed by atoms with Crippen molar-refractivity contribution in [2.24, 2.45) is 5.73 Å². The molecule has 0 aliphatic carbocycles. The van der Waals surface area contributed by atoms with Crippen molar-refractivity contribution in [3.05, 3.63) is 18.0 Å². The molecule has 1 saturated heterocycles. The van der Waals surface area contributed by atoms with Crippen LogP contribution in [-0.4, -0.2) is 32.9 Å². The molecule has 84 valence electrons.